The molecule has 0 bridgehead atoms. The lowest BCUT2D eigenvalue weighted by molar-refractivity contribution is -0.137. The maximum atomic E-state index is 12.0. The third kappa shape index (κ3) is 2.20. The molecule has 0 radical (unpaired) electrons. The molecule has 5 heteroatoms. The molecule has 0 saturated carbocycles. The maximum Gasteiger partial charge on any atom is 0.223 e. The predicted octanol–water partition coefficient (Wildman–Crippen LogP) is 0.821. The topological polar surface area (TPSA) is 64.2 Å². The van der Waals surface area contributed by atoms with Gasteiger partial charge in [-0.3, -0.25) is 4.79 Å². The molecule has 1 aromatic heterocycles. The van der Waals surface area contributed by atoms with Crippen molar-refractivity contribution in [3.63, 3.8) is 0 Å². The van der Waals surface area contributed by atoms with E-state index in [1.165, 1.54) is 0 Å². The molecule has 0 aliphatic carbocycles. The first-order chi connectivity index (χ1) is 8.15. The number of imidazole rings is 1. The molecule has 1 fully saturated rings. The second kappa shape index (κ2) is 4.87. The highest BCUT2D eigenvalue weighted by atomic mass is 16.2. The van der Waals surface area contributed by atoms with Crippen molar-refractivity contribution in [3.05, 3.63) is 18.2 Å². The Morgan fingerprint density at radius 3 is 2.94 bits per heavy atom. The molecule has 94 valence electrons. The van der Waals surface area contributed by atoms with E-state index >= 15 is 0 Å². The summed E-state index contributed by atoms with van der Waals surface area (Å²) in [7, 11) is 1.94. The van der Waals surface area contributed by atoms with E-state index in [1.807, 2.05) is 22.7 Å². The Hall–Kier alpha value is -1.36. The summed E-state index contributed by atoms with van der Waals surface area (Å²) in [4.78, 5) is 18.0. The van der Waals surface area contributed by atoms with Crippen LogP contribution in [0.4, 0.5) is 0 Å². The van der Waals surface area contributed by atoms with Crippen molar-refractivity contribution < 1.29 is 4.79 Å². The smallest absolute Gasteiger partial charge is 0.223 e. The van der Waals surface area contributed by atoms with Gasteiger partial charge in [-0.15, -0.1) is 0 Å². The molecule has 2 heterocycles. The number of carbonyl (C=O) groups excluding carboxylic acids is 1. The molecule has 1 amide bonds. The number of piperidine rings is 1. The highest BCUT2D eigenvalue weighted by molar-refractivity contribution is 5.77. The largest absolute Gasteiger partial charge is 0.336 e. The van der Waals surface area contributed by atoms with Crippen molar-refractivity contribution in [2.24, 2.45) is 12.8 Å². The van der Waals surface area contributed by atoms with Crippen molar-refractivity contribution >= 4 is 5.91 Å². The van der Waals surface area contributed by atoms with E-state index in [0.29, 0.717) is 6.42 Å². The number of likely N-dealkylation sites (tertiary alicyclic amines) is 1. The SMILES string of the molecule is CCCN1C(=O)CC[C@@H](N)[C@H]1c1cncn1C. The molecule has 5 nitrogen and oxygen atoms in total. The second-order valence-corrected chi connectivity index (χ2v) is 4.66. The lowest BCUT2D eigenvalue weighted by Crippen LogP contribution is -2.49. The number of aromatic nitrogens is 2. The van der Waals surface area contributed by atoms with E-state index in [9.17, 15) is 4.79 Å². The van der Waals surface area contributed by atoms with Gasteiger partial charge < -0.3 is 15.2 Å². The molecular formula is C12H20N4O. The van der Waals surface area contributed by atoms with Gasteiger partial charge in [0.2, 0.25) is 5.91 Å². The molecule has 1 saturated heterocycles. The van der Waals surface area contributed by atoms with Gasteiger partial charge in [0.15, 0.2) is 0 Å². The van der Waals surface area contributed by atoms with E-state index in [2.05, 4.69) is 11.9 Å². The zero-order chi connectivity index (χ0) is 12.4. The molecule has 1 aromatic rings. The number of hydrogen-bond donors (Lipinski definition) is 1. The van der Waals surface area contributed by atoms with Crippen molar-refractivity contribution in [3.8, 4) is 0 Å². The van der Waals surface area contributed by atoms with Crippen molar-refractivity contribution in [1.82, 2.24) is 14.5 Å². The van der Waals surface area contributed by atoms with E-state index in [4.69, 9.17) is 5.73 Å². The first-order valence-electron chi connectivity index (χ1n) is 6.16. The monoisotopic (exact) mass is 236 g/mol. The summed E-state index contributed by atoms with van der Waals surface area (Å²) in [5.74, 6) is 0.208. The number of amides is 1. The summed E-state index contributed by atoms with van der Waals surface area (Å²) in [5.41, 5.74) is 7.21. The van der Waals surface area contributed by atoms with Crippen LogP contribution in [0.3, 0.4) is 0 Å². The van der Waals surface area contributed by atoms with Gasteiger partial charge in [-0.25, -0.2) is 4.98 Å². The van der Waals surface area contributed by atoms with E-state index < -0.39 is 0 Å². The fourth-order valence-electron chi connectivity index (χ4n) is 2.51. The summed E-state index contributed by atoms with van der Waals surface area (Å²) in [6, 6.07) is -0.0154. The van der Waals surface area contributed by atoms with Gasteiger partial charge in [0, 0.05) is 26.1 Å². The third-order valence-corrected chi connectivity index (χ3v) is 3.37. The van der Waals surface area contributed by atoms with E-state index in [1.54, 1.807) is 6.33 Å². The van der Waals surface area contributed by atoms with Gasteiger partial charge >= 0.3 is 0 Å². The molecule has 0 spiro atoms. The van der Waals surface area contributed by atoms with Gasteiger partial charge in [0.25, 0.3) is 0 Å². The Bertz CT molecular complexity index is 401. The number of carbonyl (C=O) groups is 1. The zero-order valence-corrected chi connectivity index (χ0v) is 10.5. The first kappa shape index (κ1) is 12.1. The minimum atomic E-state index is -0.0244. The Kier molecular flexibility index (Phi) is 3.47. The fraction of sp³-hybridized carbons (Fsp3) is 0.667. The maximum absolute atomic E-state index is 12.0. The molecular weight excluding hydrogens is 216 g/mol. The molecule has 2 rings (SSSR count). The van der Waals surface area contributed by atoms with Gasteiger partial charge in [0.05, 0.1) is 24.3 Å². The van der Waals surface area contributed by atoms with E-state index in [-0.39, 0.29) is 18.0 Å². The standard InChI is InChI=1S/C12H20N4O/c1-3-6-16-11(17)5-4-9(13)12(16)10-7-14-8-15(10)2/h7-9,12H,3-6,13H2,1-2H3/t9-,12+/m1/s1. The van der Waals surface area contributed by atoms with Crippen LogP contribution in [0.2, 0.25) is 0 Å². The first-order valence-corrected chi connectivity index (χ1v) is 6.16. The lowest BCUT2D eigenvalue weighted by Gasteiger charge is -2.39. The number of nitrogens with two attached hydrogens (primary N) is 1. The van der Waals surface area contributed by atoms with Crippen LogP contribution < -0.4 is 5.73 Å². The molecule has 0 aromatic carbocycles. The molecule has 2 N–H and O–H groups in total. The lowest BCUT2D eigenvalue weighted by atomic mass is 9.94. The number of hydrogen-bond acceptors (Lipinski definition) is 3. The van der Waals surface area contributed by atoms with Crippen LogP contribution in [0, 0.1) is 0 Å². The van der Waals surface area contributed by atoms with Crippen molar-refractivity contribution in [1.29, 1.82) is 0 Å². The van der Waals surface area contributed by atoms with Gasteiger partial charge in [-0.05, 0) is 12.8 Å². The van der Waals surface area contributed by atoms with Crippen LogP contribution in [-0.4, -0.2) is 32.9 Å². The minimum absolute atomic E-state index is 0.00894. The Morgan fingerprint density at radius 1 is 1.59 bits per heavy atom. The quantitative estimate of drug-likeness (QED) is 0.845. The van der Waals surface area contributed by atoms with Crippen LogP contribution in [0.5, 0.6) is 0 Å². The summed E-state index contributed by atoms with van der Waals surface area (Å²) in [6.07, 6.45) is 5.84. The highest BCUT2D eigenvalue weighted by Crippen LogP contribution is 2.30. The second-order valence-electron chi connectivity index (χ2n) is 4.66. The molecule has 1 aliphatic rings. The van der Waals surface area contributed by atoms with Crippen LogP contribution in [-0.2, 0) is 11.8 Å². The van der Waals surface area contributed by atoms with Crippen LogP contribution in [0.25, 0.3) is 0 Å². The molecule has 0 unspecified atom stereocenters. The van der Waals surface area contributed by atoms with Gasteiger partial charge in [0.1, 0.15) is 0 Å². The fourth-order valence-corrected chi connectivity index (χ4v) is 2.51. The normalized spacial score (nSPS) is 25.4. The summed E-state index contributed by atoms with van der Waals surface area (Å²) in [6.45, 7) is 2.84. The van der Waals surface area contributed by atoms with Crippen molar-refractivity contribution in [2.75, 3.05) is 6.54 Å². The average Bonchev–Trinajstić information content (AvgIpc) is 2.71. The van der Waals surface area contributed by atoms with Crippen LogP contribution >= 0.6 is 0 Å². The highest BCUT2D eigenvalue weighted by Gasteiger charge is 2.35. The minimum Gasteiger partial charge on any atom is -0.336 e. The summed E-state index contributed by atoms with van der Waals surface area (Å²) < 4.78 is 1.95. The average molecular weight is 236 g/mol. The van der Waals surface area contributed by atoms with Gasteiger partial charge in [-0.2, -0.15) is 0 Å². The van der Waals surface area contributed by atoms with Crippen LogP contribution in [0.1, 0.15) is 37.9 Å². The van der Waals surface area contributed by atoms with E-state index in [0.717, 1.165) is 25.1 Å². The zero-order valence-electron chi connectivity index (χ0n) is 10.5. The Balaban J connectivity index is 2.32. The predicted molar refractivity (Wildman–Crippen MR) is 65.2 cm³/mol. The number of aryl methyl sites for hydroxylation is 1. The van der Waals surface area contributed by atoms with Gasteiger partial charge in [-0.1, -0.05) is 6.92 Å². The molecule has 17 heavy (non-hydrogen) atoms. The van der Waals surface area contributed by atoms with Crippen molar-refractivity contribution in [2.45, 2.75) is 38.3 Å². The number of nitrogens with zero attached hydrogens (tertiary/aromatic N) is 3. The molecule has 1 aliphatic heterocycles. The number of rotatable bonds is 3. The Labute approximate surface area is 102 Å². The van der Waals surface area contributed by atoms with Crippen LogP contribution in [0.15, 0.2) is 12.5 Å². The summed E-state index contributed by atoms with van der Waals surface area (Å²) in [5, 5.41) is 0. The molecule has 2 atom stereocenters. The summed E-state index contributed by atoms with van der Waals surface area (Å²) >= 11 is 0. The third-order valence-electron chi connectivity index (χ3n) is 3.37. The Morgan fingerprint density at radius 2 is 2.35 bits per heavy atom.